The lowest BCUT2D eigenvalue weighted by Gasteiger charge is -2.06. The van der Waals surface area contributed by atoms with Crippen LogP contribution in [0.25, 0.3) is 32.8 Å². The Kier molecular flexibility index (Phi) is 3.92. The molecule has 0 spiro atoms. The van der Waals surface area contributed by atoms with Crippen molar-refractivity contribution in [2.24, 2.45) is 0 Å². The summed E-state index contributed by atoms with van der Waals surface area (Å²) in [4.78, 5) is 40.3. The van der Waals surface area contributed by atoms with Gasteiger partial charge in [-0.3, -0.25) is 9.59 Å². The van der Waals surface area contributed by atoms with Crippen molar-refractivity contribution in [2.75, 3.05) is 13.7 Å². The Labute approximate surface area is 152 Å². The van der Waals surface area contributed by atoms with Gasteiger partial charge in [0, 0.05) is 6.20 Å². The molecule has 2 aromatic heterocycles. The number of benzene rings is 2. The van der Waals surface area contributed by atoms with Crippen LogP contribution in [0.4, 0.5) is 0 Å². The van der Waals surface area contributed by atoms with Crippen LogP contribution < -0.4 is 15.6 Å². The smallest absolute Gasteiger partial charge is 0.343 e. The van der Waals surface area contributed by atoms with Crippen molar-refractivity contribution in [3.05, 3.63) is 62.5 Å². The van der Waals surface area contributed by atoms with E-state index in [2.05, 4.69) is 4.98 Å². The molecule has 0 saturated carbocycles. The molecule has 27 heavy (non-hydrogen) atoms. The topological polar surface area (TPSA) is 98.6 Å². The summed E-state index contributed by atoms with van der Waals surface area (Å²) in [5.74, 6) is -0.157. The van der Waals surface area contributed by atoms with Gasteiger partial charge in [0.25, 0.3) is 0 Å². The third-order valence-electron chi connectivity index (χ3n) is 4.37. The number of pyridine rings is 1. The van der Waals surface area contributed by atoms with E-state index >= 15 is 0 Å². The fraction of sp³-hybridized carbons (Fsp3) is 0.150. The van der Waals surface area contributed by atoms with Crippen molar-refractivity contribution >= 4 is 38.8 Å². The van der Waals surface area contributed by atoms with Crippen LogP contribution in [0.3, 0.4) is 0 Å². The first-order valence-electron chi connectivity index (χ1n) is 8.30. The van der Waals surface area contributed by atoms with Crippen LogP contribution in [-0.2, 0) is 4.74 Å². The molecule has 7 heteroatoms. The zero-order chi connectivity index (χ0) is 19.1. The number of aromatic nitrogens is 1. The molecule has 136 valence electrons. The fourth-order valence-corrected chi connectivity index (χ4v) is 3.04. The summed E-state index contributed by atoms with van der Waals surface area (Å²) in [5.41, 5.74) is 0.248. The van der Waals surface area contributed by atoms with Crippen molar-refractivity contribution in [3.8, 4) is 5.75 Å². The first kappa shape index (κ1) is 16.8. The first-order valence-corrected chi connectivity index (χ1v) is 8.30. The van der Waals surface area contributed by atoms with Crippen LogP contribution >= 0.6 is 0 Å². The highest BCUT2D eigenvalue weighted by Crippen LogP contribution is 2.24. The molecular formula is C20H15NO6. The number of methoxy groups -OCH3 is 1. The van der Waals surface area contributed by atoms with Crippen LogP contribution in [-0.4, -0.2) is 24.7 Å². The summed E-state index contributed by atoms with van der Waals surface area (Å²) in [7, 11) is 1.52. The van der Waals surface area contributed by atoms with Gasteiger partial charge in [0.15, 0.2) is 0 Å². The maximum absolute atomic E-state index is 12.9. The maximum atomic E-state index is 12.9. The molecule has 2 heterocycles. The summed E-state index contributed by atoms with van der Waals surface area (Å²) in [6, 6.07) is 7.95. The number of H-pyrrole nitrogens is 1. The standard InChI is InChI=1S/C20H15NO6/c1-3-26-20(24)14-9-21-15-7-13-17(8-11(15)18(14)22)27-16-5-4-10(25-2)6-12(16)19(13)23/h4-9H,3H2,1-2H3,(H,21,22). The second-order valence-corrected chi connectivity index (χ2v) is 5.94. The van der Waals surface area contributed by atoms with Crippen LogP contribution in [0, 0.1) is 0 Å². The lowest BCUT2D eigenvalue weighted by Crippen LogP contribution is -2.18. The summed E-state index contributed by atoms with van der Waals surface area (Å²) in [6.07, 6.45) is 1.29. The molecule has 0 amide bonds. The van der Waals surface area contributed by atoms with Crippen LogP contribution in [0.15, 0.2) is 50.5 Å². The van der Waals surface area contributed by atoms with Crippen LogP contribution in [0.1, 0.15) is 17.3 Å². The number of hydrogen-bond donors (Lipinski definition) is 1. The Morgan fingerprint density at radius 3 is 2.56 bits per heavy atom. The number of esters is 1. The highest BCUT2D eigenvalue weighted by molar-refractivity contribution is 6.00. The van der Waals surface area contributed by atoms with E-state index in [0.717, 1.165) is 0 Å². The molecule has 4 aromatic rings. The molecule has 4 rings (SSSR count). The molecule has 0 atom stereocenters. The van der Waals surface area contributed by atoms with Gasteiger partial charge in [-0.05, 0) is 37.3 Å². The quantitative estimate of drug-likeness (QED) is 0.443. The SMILES string of the molecule is CCOC(=O)c1c[nH]c2cc3c(=O)c4cc(OC)ccc4oc3cc2c1=O. The molecule has 7 nitrogen and oxygen atoms in total. The van der Waals surface area contributed by atoms with E-state index in [4.69, 9.17) is 13.9 Å². The predicted octanol–water partition coefficient (Wildman–Crippen LogP) is 2.97. The molecule has 0 fully saturated rings. The Morgan fingerprint density at radius 1 is 1.04 bits per heavy atom. The largest absolute Gasteiger partial charge is 0.497 e. The number of nitrogens with one attached hydrogen (secondary N) is 1. The Hall–Kier alpha value is -3.61. The van der Waals surface area contributed by atoms with Crippen molar-refractivity contribution in [1.29, 1.82) is 0 Å². The van der Waals surface area contributed by atoms with Crippen molar-refractivity contribution < 1.29 is 18.7 Å². The van der Waals surface area contributed by atoms with Crippen molar-refractivity contribution in [3.63, 3.8) is 0 Å². The van der Waals surface area contributed by atoms with Gasteiger partial charge in [-0.1, -0.05) is 0 Å². The fourth-order valence-electron chi connectivity index (χ4n) is 3.04. The Bertz CT molecular complexity index is 1330. The highest BCUT2D eigenvalue weighted by Gasteiger charge is 2.16. The number of aromatic amines is 1. The summed E-state index contributed by atoms with van der Waals surface area (Å²) >= 11 is 0. The van der Waals surface area contributed by atoms with Crippen LogP contribution in [0.2, 0.25) is 0 Å². The highest BCUT2D eigenvalue weighted by atomic mass is 16.5. The van der Waals surface area contributed by atoms with E-state index in [1.165, 1.54) is 19.4 Å². The summed E-state index contributed by atoms with van der Waals surface area (Å²) in [6.45, 7) is 1.83. The predicted molar refractivity (Wildman–Crippen MR) is 101 cm³/mol. The van der Waals surface area contributed by atoms with E-state index in [-0.39, 0.29) is 28.6 Å². The molecule has 0 radical (unpaired) electrons. The Balaban J connectivity index is 2.04. The Morgan fingerprint density at radius 2 is 1.81 bits per heavy atom. The molecular weight excluding hydrogens is 350 g/mol. The van der Waals surface area contributed by atoms with Crippen molar-refractivity contribution in [1.82, 2.24) is 4.98 Å². The molecule has 0 aliphatic rings. The minimum Gasteiger partial charge on any atom is -0.497 e. The van der Waals surface area contributed by atoms with Gasteiger partial charge in [0.05, 0.1) is 35.4 Å². The lowest BCUT2D eigenvalue weighted by molar-refractivity contribution is 0.0524. The minimum atomic E-state index is -0.701. The van der Waals surface area contributed by atoms with Crippen molar-refractivity contribution in [2.45, 2.75) is 6.92 Å². The number of hydrogen-bond acceptors (Lipinski definition) is 6. The molecule has 0 saturated heterocycles. The van der Waals surface area contributed by atoms with Gasteiger partial charge in [0.2, 0.25) is 10.9 Å². The minimum absolute atomic E-state index is 0.100. The number of carbonyl (C=O) groups is 1. The average Bonchev–Trinajstić information content (AvgIpc) is 2.67. The number of fused-ring (bicyclic) bond motifs is 3. The molecule has 0 aliphatic heterocycles. The van der Waals surface area contributed by atoms with E-state index in [1.807, 2.05) is 0 Å². The normalized spacial score (nSPS) is 11.2. The number of carbonyl (C=O) groups excluding carboxylic acids is 1. The van der Waals surface area contributed by atoms with E-state index in [9.17, 15) is 14.4 Å². The zero-order valence-electron chi connectivity index (χ0n) is 14.6. The molecule has 2 aromatic carbocycles. The summed E-state index contributed by atoms with van der Waals surface area (Å²) in [5, 5.41) is 0.943. The molecule has 0 unspecified atom stereocenters. The van der Waals surface area contributed by atoms with Gasteiger partial charge < -0.3 is 18.9 Å². The number of ether oxygens (including phenoxy) is 2. The van der Waals surface area contributed by atoms with Gasteiger partial charge >= 0.3 is 5.97 Å². The van der Waals surface area contributed by atoms with Gasteiger partial charge in [0.1, 0.15) is 22.5 Å². The third-order valence-corrected chi connectivity index (χ3v) is 4.37. The zero-order valence-corrected chi connectivity index (χ0v) is 14.6. The average molecular weight is 365 g/mol. The number of rotatable bonds is 3. The van der Waals surface area contributed by atoms with Gasteiger partial charge in [-0.25, -0.2) is 4.79 Å². The maximum Gasteiger partial charge on any atom is 0.343 e. The third kappa shape index (κ3) is 2.64. The second kappa shape index (κ2) is 6.28. The van der Waals surface area contributed by atoms with E-state index in [0.29, 0.717) is 27.6 Å². The van der Waals surface area contributed by atoms with Crippen LogP contribution in [0.5, 0.6) is 5.75 Å². The molecule has 0 bridgehead atoms. The molecule has 0 aliphatic carbocycles. The second-order valence-electron chi connectivity index (χ2n) is 5.94. The van der Waals surface area contributed by atoms with E-state index in [1.54, 1.807) is 31.2 Å². The van der Waals surface area contributed by atoms with Gasteiger partial charge in [-0.2, -0.15) is 0 Å². The van der Waals surface area contributed by atoms with E-state index < -0.39 is 11.4 Å². The monoisotopic (exact) mass is 365 g/mol. The first-order chi connectivity index (χ1) is 13.0. The van der Waals surface area contributed by atoms with Gasteiger partial charge in [-0.15, -0.1) is 0 Å². The lowest BCUT2D eigenvalue weighted by atomic mass is 10.1. The molecule has 1 N–H and O–H groups in total. The summed E-state index contributed by atoms with van der Waals surface area (Å²) < 4.78 is 15.9.